The highest BCUT2D eigenvalue weighted by Crippen LogP contribution is 2.68. The maximum atomic E-state index is 12.2. The van der Waals surface area contributed by atoms with E-state index in [1.807, 2.05) is 13.8 Å². The van der Waals surface area contributed by atoms with Crippen molar-refractivity contribution in [1.29, 1.82) is 0 Å². The first-order chi connectivity index (χ1) is 15.8. The van der Waals surface area contributed by atoms with E-state index in [0.717, 1.165) is 38.5 Å². The normalized spacial score (nSPS) is 44.3. The smallest absolute Gasteiger partial charge is 0.393 e. The number of hydrogen-bond donors (Lipinski definition) is 2. The van der Waals surface area contributed by atoms with Crippen molar-refractivity contribution >= 4 is 16.2 Å². The fourth-order valence-corrected chi connectivity index (χ4v) is 9.90. The monoisotopic (exact) mass is 498 g/mol. The number of rotatable bonds is 7. The molecule has 0 saturated heterocycles. The number of aliphatic hydroxyl groups is 1. The molecule has 0 aliphatic heterocycles. The van der Waals surface area contributed by atoms with E-state index in [1.54, 1.807) is 0 Å². The lowest BCUT2D eigenvalue weighted by molar-refractivity contribution is -0.169. The number of carbonyl (C=O) groups excluding carboxylic acids is 1. The Hall–Kier alpha value is -0.500. The third-order valence-corrected chi connectivity index (χ3v) is 11.6. The van der Waals surface area contributed by atoms with E-state index in [9.17, 15) is 18.3 Å². The van der Waals surface area contributed by atoms with Crippen molar-refractivity contribution in [2.45, 2.75) is 111 Å². The summed E-state index contributed by atoms with van der Waals surface area (Å²) in [7, 11) is -4.45. The molecule has 0 heterocycles. The van der Waals surface area contributed by atoms with Crippen LogP contribution in [-0.2, 0) is 19.4 Å². The largest absolute Gasteiger partial charge is 0.397 e. The molecule has 0 aromatic carbocycles. The summed E-state index contributed by atoms with van der Waals surface area (Å²) < 4.78 is 36.7. The molecular formula is C27H46O6S. The van der Waals surface area contributed by atoms with Gasteiger partial charge < -0.3 is 5.11 Å². The van der Waals surface area contributed by atoms with Crippen LogP contribution in [-0.4, -0.2) is 36.1 Å². The lowest BCUT2D eigenvalue weighted by Gasteiger charge is -2.62. The molecule has 34 heavy (non-hydrogen) atoms. The molecule has 4 saturated carbocycles. The predicted octanol–water partition coefficient (Wildman–Crippen LogP) is 5.45. The molecule has 0 radical (unpaired) electrons. The maximum Gasteiger partial charge on any atom is 0.397 e. The minimum atomic E-state index is -4.45. The van der Waals surface area contributed by atoms with Crippen molar-refractivity contribution in [3.05, 3.63) is 0 Å². The zero-order valence-electron chi connectivity index (χ0n) is 21.7. The van der Waals surface area contributed by atoms with Gasteiger partial charge in [-0.2, -0.15) is 8.42 Å². The van der Waals surface area contributed by atoms with Crippen LogP contribution in [0.1, 0.15) is 98.8 Å². The van der Waals surface area contributed by atoms with E-state index in [-0.39, 0.29) is 22.9 Å². The molecule has 2 N–H and O–H groups in total. The Bertz CT molecular complexity index is 870. The van der Waals surface area contributed by atoms with Gasteiger partial charge >= 0.3 is 10.4 Å². The summed E-state index contributed by atoms with van der Waals surface area (Å²) in [6.07, 6.45) is 8.40. The first-order valence-corrected chi connectivity index (χ1v) is 15.0. The van der Waals surface area contributed by atoms with Crippen LogP contribution in [0.2, 0.25) is 0 Å². The Morgan fingerprint density at radius 2 is 1.71 bits per heavy atom. The van der Waals surface area contributed by atoms with Crippen LogP contribution in [0, 0.1) is 52.3 Å². The third kappa shape index (κ3) is 4.76. The second-order valence-corrected chi connectivity index (χ2v) is 14.2. The van der Waals surface area contributed by atoms with Gasteiger partial charge in [0.25, 0.3) is 0 Å². The van der Waals surface area contributed by atoms with Gasteiger partial charge in [0.1, 0.15) is 5.78 Å². The highest BCUT2D eigenvalue weighted by molar-refractivity contribution is 7.80. The second kappa shape index (κ2) is 9.42. The Morgan fingerprint density at radius 1 is 1.03 bits per heavy atom. The molecule has 4 aliphatic carbocycles. The summed E-state index contributed by atoms with van der Waals surface area (Å²) in [5, 5.41) is 11.4. The molecule has 0 bridgehead atoms. The van der Waals surface area contributed by atoms with Gasteiger partial charge in [0.2, 0.25) is 0 Å². The third-order valence-electron chi connectivity index (χ3n) is 11.2. The molecule has 196 valence electrons. The van der Waals surface area contributed by atoms with Gasteiger partial charge in [-0.3, -0.25) is 9.35 Å². The van der Waals surface area contributed by atoms with E-state index in [1.165, 1.54) is 6.42 Å². The molecule has 4 unspecified atom stereocenters. The van der Waals surface area contributed by atoms with E-state index in [0.29, 0.717) is 60.6 Å². The van der Waals surface area contributed by atoms with Crippen LogP contribution in [0.25, 0.3) is 0 Å². The molecule has 4 aliphatic rings. The van der Waals surface area contributed by atoms with Crippen molar-refractivity contribution in [3.8, 4) is 0 Å². The van der Waals surface area contributed by atoms with Crippen LogP contribution in [0.15, 0.2) is 0 Å². The zero-order chi connectivity index (χ0) is 25.1. The van der Waals surface area contributed by atoms with E-state index in [4.69, 9.17) is 8.74 Å². The number of aliphatic hydroxyl groups excluding tert-OH is 1. The summed E-state index contributed by atoms with van der Waals surface area (Å²) in [6.45, 7) is 11.0. The van der Waals surface area contributed by atoms with Gasteiger partial charge in [-0.15, -0.1) is 0 Å². The molecule has 0 spiro atoms. The number of Topliss-reactive ketones (excluding diaryl/α,β-unsaturated/α-hetero) is 1. The van der Waals surface area contributed by atoms with Crippen LogP contribution in [0.5, 0.6) is 0 Å². The van der Waals surface area contributed by atoms with Crippen LogP contribution in [0.3, 0.4) is 0 Å². The molecule has 0 aromatic rings. The van der Waals surface area contributed by atoms with E-state index in [2.05, 4.69) is 20.8 Å². The quantitative estimate of drug-likeness (QED) is 0.453. The van der Waals surface area contributed by atoms with Crippen molar-refractivity contribution in [2.24, 2.45) is 52.3 Å². The topological polar surface area (TPSA) is 101 Å². The minimum Gasteiger partial charge on any atom is -0.393 e. The maximum absolute atomic E-state index is 12.2. The van der Waals surface area contributed by atoms with Crippen LogP contribution < -0.4 is 0 Å². The van der Waals surface area contributed by atoms with Crippen LogP contribution in [0.4, 0.5) is 0 Å². The van der Waals surface area contributed by atoms with E-state index >= 15 is 0 Å². The average Bonchev–Trinajstić information content (AvgIpc) is 3.08. The molecule has 10 atom stereocenters. The number of fused-ring (bicyclic) bond motifs is 5. The second-order valence-electron chi connectivity index (χ2n) is 13.1. The van der Waals surface area contributed by atoms with E-state index < -0.39 is 16.5 Å². The Balaban J connectivity index is 1.47. The highest BCUT2D eigenvalue weighted by atomic mass is 32.3. The lowest BCUT2D eigenvalue weighted by atomic mass is 9.44. The summed E-state index contributed by atoms with van der Waals surface area (Å²) in [6, 6.07) is 0. The predicted molar refractivity (Wildman–Crippen MR) is 131 cm³/mol. The Kier molecular flexibility index (Phi) is 7.36. The fourth-order valence-electron chi connectivity index (χ4n) is 9.27. The van der Waals surface area contributed by atoms with Crippen molar-refractivity contribution < 1.29 is 27.1 Å². The first kappa shape index (κ1) is 26.6. The fraction of sp³-hybridized carbons (Fsp3) is 0.963. The molecule has 0 aromatic heterocycles. The summed E-state index contributed by atoms with van der Waals surface area (Å²) in [5.41, 5.74) is 0.368. The van der Waals surface area contributed by atoms with Crippen molar-refractivity contribution in [1.82, 2.24) is 0 Å². The highest BCUT2D eigenvalue weighted by Gasteiger charge is 2.62. The SMILES string of the molecule is CC(C)[C@@H](CC[C@@H](C)[C@H]1CCC2C3C(O)C[C@@H]4CC(=O)CC[C@]4(C)C3CC[C@@]21C)OS(=O)(=O)O. The molecule has 6 nitrogen and oxygen atoms in total. The van der Waals surface area contributed by atoms with Gasteiger partial charge in [0, 0.05) is 12.8 Å². The lowest BCUT2D eigenvalue weighted by Crippen LogP contribution is -2.58. The van der Waals surface area contributed by atoms with Gasteiger partial charge in [-0.25, -0.2) is 4.18 Å². The zero-order valence-corrected chi connectivity index (χ0v) is 22.5. The molecule has 7 heteroatoms. The molecular weight excluding hydrogens is 452 g/mol. The van der Waals surface area contributed by atoms with Crippen molar-refractivity contribution in [3.63, 3.8) is 0 Å². The van der Waals surface area contributed by atoms with Gasteiger partial charge in [-0.1, -0.05) is 34.6 Å². The Morgan fingerprint density at radius 3 is 2.35 bits per heavy atom. The van der Waals surface area contributed by atoms with Crippen LogP contribution >= 0.6 is 0 Å². The van der Waals surface area contributed by atoms with Gasteiger partial charge in [-0.05, 0) is 104 Å². The molecule has 4 rings (SSSR count). The summed E-state index contributed by atoms with van der Waals surface area (Å²) in [4.78, 5) is 12.2. The number of hydrogen-bond acceptors (Lipinski definition) is 5. The summed E-state index contributed by atoms with van der Waals surface area (Å²) >= 11 is 0. The minimum absolute atomic E-state index is 0.00456. The van der Waals surface area contributed by atoms with Crippen molar-refractivity contribution in [2.75, 3.05) is 0 Å². The van der Waals surface area contributed by atoms with Gasteiger partial charge in [0.15, 0.2) is 0 Å². The number of ketones is 1. The average molecular weight is 499 g/mol. The summed E-state index contributed by atoms with van der Waals surface area (Å²) in [5.74, 6) is 3.04. The Labute approximate surface area is 206 Å². The van der Waals surface area contributed by atoms with Gasteiger partial charge in [0.05, 0.1) is 12.2 Å². The molecule has 4 fully saturated rings. The number of carbonyl (C=O) groups is 1. The standard InChI is InChI=1S/C27H46O6S/c1-16(2)24(33-34(30,31)32)9-6-17(3)20-7-8-21-25-22(11-13-27(20,21)5)26(4)12-10-19(28)14-18(26)15-23(25)29/h16-18,20-25,29H,6-15H2,1-5H3,(H,30,31,32)/t17-,18+,20-,21?,22?,23?,24-,25?,26+,27-/m1/s1. The first-order valence-electron chi connectivity index (χ1n) is 13.6. The molecule has 0 amide bonds.